The zero-order valence-corrected chi connectivity index (χ0v) is 5.78. The van der Waals surface area contributed by atoms with Crippen LogP contribution in [0.4, 0.5) is 13.2 Å². The summed E-state index contributed by atoms with van der Waals surface area (Å²) in [6.45, 7) is -0.994. The highest BCUT2D eigenvalue weighted by atomic mass is 32.3. The Balaban J connectivity index is 2.70. The fourth-order valence-corrected chi connectivity index (χ4v) is 1.29. The van der Waals surface area contributed by atoms with Crippen molar-refractivity contribution < 1.29 is 30.0 Å². The van der Waals surface area contributed by atoms with Gasteiger partial charge in [-0.25, -0.2) is 8.37 Å². The molecule has 66 valence electrons. The van der Waals surface area contributed by atoms with Gasteiger partial charge >= 0.3 is 16.6 Å². The lowest BCUT2D eigenvalue weighted by atomic mass is 10.4. The van der Waals surface area contributed by atoms with Crippen LogP contribution in [0.2, 0.25) is 0 Å². The maximum atomic E-state index is 11.6. The molecule has 1 rings (SSSR count). The Morgan fingerprint density at radius 2 is 1.91 bits per heavy atom. The van der Waals surface area contributed by atoms with Crippen molar-refractivity contribution in [3.63, 3.8) is 0 Å². The fraction of sp³-hybridized carbons (Fsp3) is 1.00. The Bertz CT molecular complexity index is 242. The van der Waals surface area contributed by atoms with Gasteiger partial charge in [-0.15, -0.1) is 0 Å². The summed E-state index contributed by atoms with van der Waals surface area (Å²) in [6, 6.07) is 0. The molecule has 0 aromatic heterocycles. The summed E-state index contributed by atoms with van der Waals surface area (Å²) in [4.78, 5) is 0. The number of hydrogen-bond acceptors (Lipinski definition) is 4. The molecule has 0 aromatic rings. The molecule has 0 aromatic carbocycles. The van der Waals surface area contributed by atoms with E-state index in [0.29, 0.717) is 0 Å². The molecule has 1 aliphatic heterocycles. The van der Waals surface area contributed by atoms with E-state index in [9.17, 15) is 21.6 Å². The van der Waals surface area contributed by atoms with E-state index in [-0.39, 0.29) is 0 Å². The standard InChI is InChI=1S/C3H3F3O4S/c4-3(5,6)2-1-9-11(7,8)10-2/h2H,1H2/t2-/m1/s1. The Morgan fingerprint density at radius 3 is 2.09 bits per heavy atom. The number of hydrogen-bond donors (Lipinski definition) is 0. The average Bonchev–Trinajstić information content (AvgIpc) is 2.07. The van der Waals surface area contributed by atoms with Crippen LogP contribution in [0.25, 0.3) is 0 Å². The first-order valence-electron chi connectivity index (χ1n) is 2.45. The maximum Gasteiger partial charge on any atom is 0.418 e. The van der Waals surface area contributed by atoms with E-state index in [1.807, 2.05) is 0 Å². The third kappa shape index (κ3) is 2.04. The molecule has 11 heavy (non-hydrogen) atoms. The van der Waals surface area contributed by atoms with Gasteiger partial charge in [0.1, 0.15) is 6.61 Å². The molecule has 4 nitrogen and oxygen atoms in total. The minimum absolute atomic E-state index is 0.994. The van der Waals surface area contributed by atoms with Crippen LogP contribution in [0.3, 0.4) is 0 Å². The summed E-state index contributed by atoms with van der Waals surface area (Å²) < 4.78 is 62.4. The first kappa shape index (κ1) is 8.75. The highest BCUT2D eigenvalue weighted by Crippen LogP contribution is 2.28. The van der Waals surface area contributed by atoms with Gasteiger partial charge in [-0.3, -0.25) is 0 Å². The fourth-order valence-electron chi connectivity index (χ4n) is 0.492. The van der Waals surface area contributed by atoms with Gasteiger partial charge in [-0.05, 0) is 0 Å². The molecular weight excluding hydrogens is 189 g/mol. The Hall–Kier alpha value is -0.340. The molecule has 0 amide bonds. The Morgan fingerprint density at radius 1 is 1.36 bits per heavy atom. The Labute approximate surface area is 60.2 Å². The monoisotopic (exact) mass is 192 g/mol. The van der Waals surface area contributed by atoms with Crippen molar-refractivity contribution in [3.8, 4) is 0 Å². The predicted octanol–water partition coefficient (Wildman–Crippen LogP) is 0.209. The second-order valence-corrected chi connectivity index (χ2v) is 3.06. The minimum Gasteiger partial charge on any atom is -0.245 e. The molecule has 0 radical (unpaired) electrons. The van der Waals surface area contributed by atoms with Gasteiger partial charge in [-0.1, -0.05) is 0 Å². The van der Waals surface area contributed by atoms with Gasteiger partial charge in [0.15, 0.2) is 6.10 Å². The quantitative estimate of drug-likeness (QED) is 0.550. The van der Waals surface area contributed by atoms with Crippen LogP contribution in [-0.2, 0) is 18.8 Å². The second-order valence-electron chi connectivity index (χ2n) is 1.82. The van der Waals surface area contributed by atoms with Crippen LogP contribution in [0.15, 0.2) is 0 Å². The van der Waals surface area contributed by atoms with Gasteiger partial charge in [0.2, 0.25) is 0 Å². The highest BCUT2D eigenvalue weighted by molar-refractivity contribution is 7.82. The van der Waals surface area contributed by atoms with E-state index in [1.54, 1.807) is 0 Å². The van der Waals surface area contributed by atoms with E-state index in [2.05, 4.69) is 8.37 Å². The molecule has 0 spiro atoms. The minimum atomic E-state index is -4.69. The largest absolute Gasteiger partial charge is 0.418 e. The van der Waals surface area contributed by atoms with Gasteiger partial charge in [0, 0.05) is 0 Å². The molecule has 1 saturated heterocycles. The van der Waals surface area contributed by atoms with Crippen LogP contribution in [0.5, 0.6) is 0 Å². The second kappa shape index (κ2) is 2.32. The summed E-state index contributed by atoms with van der Waals surface area (Å²) in [6.07, 6.45) is -7.05. The lowest BCUT2D eigenvalue weighted by Gasteiger charge is -2.08. The lowest BCUT2D eigenvalue weighted by molar-refractivity contribution is -0.189. The number of alkyl halides is 3. The summed E-state index contributed by atoms with van der Waals surface area (Å²) in [5.41, 5.74) is 0. The normalized spacial score (nSPS) is 30.6. The van der Waals surface area contributed by atoms with Crippen molar-refractivity contribution in [1.29, 1.82) is 0 Å². The molecular formula is C3H3F3O4S. The maximum absolute atomic E-state index is 11.6. The lowest BCUT2D eigenvalue weighted by Crippen LogP contribution is -2.30. The van der Waals surface area contributed by atoms with Crippen molar-refractivity contribution in [1.82, 2.24) is 0 Å². The van der Waals surface area contributed by atoms with Gasteiger partial charge in [0.05, 0.1) is 0 Å². The first-order chi connectivity index (χ1) is 4.81. The Kier molecular flexibility index (Phi) is 1.85. The zero-order valence-electron chi connectivity index (χ0n) is 4.96. The highest BCUT2D eigenvalue weighted by Gasteiger charge is 2.49. The summed E-state index contributed by atoms with van der Waals surface area (Å²) in [7, 11) is -4.40. The van der Waals surface area contributed by atoms with Crippen LogP contribution in [-0.4, -0.2) is 27.3 Å². The van der Waals surface area contributed by atoms with Gasteiger partial charge in [-0.2, -0.15) is 21.6 Å². The van der Waals surface area contributed by atoms with E-state index in [1.165, 1.54) is 0 Å². The van der Waals surface area contributed by atoms with Crippen LogP contribution < -0.4 is 0 Å². The summed E-state index contributed by atoms with van der Waals surface area (Å²) in [5, 5.41) is 0. The van der Waals surface area contributed by atoms with Crippen LogP contribution in [0, 0.1) is 0 Å². The predicted molar refractivity (Wildman–Crippen MR) is 25.8 cm³/mol. The summed E-state index contributed by atoms with van der Waals surface area (Å²) >= 11 is 0. The molecule has 1 atom stereocenters. The zero-order chi connectivity index (χ0) is 8.70. The van der Waals surface area contributed by atoms with E-state index >= 15 is 0 Å². The number of rotatable bonds is 0. The molecule has 0 bridgehead atoms. The third-order valence-electron chi connectivity index (χ3n) is 0.963. The smallest absolute Gasteiger partial charge is 0.245 e. The average molecular weight is 192 g/mol. The van der Waals surface area contributed by atoms with Crippen molar-refractivity contribution >= 4 is 10.4 Å². The topological polar surface area (TPSA) is 52.6 Å². The molecule has 1 heterocycles. The van der Waals surface area contributed by atoms with Crippen LogP contribution >= 0.6 is 0 Å². The molecule has 1 fully saturated rings. The third-order valence-corrected chi connectivity index (χ3v) is 1.86. The molecule has 8 heteroatoms. The van der Waals surface area contributed by atoms with Gasteiger partial charge in [0.25, 0.3) is 0 Å². The molecule has 0 saturated carbocycles. The molecule has 0 N–H and O–H groups in total. The van der Waals surface area contributed by atoms with Gasteiger partial charge < -0.3 is 0 Å². The van der Waals surface area contributed by atoms with Crippen LogP contribution in [0.1, 0.15) is 0 Å². The molecule has 1 aliphatic rings. The SMILES string of the molecule is O=S1(=O)OC[C@H](C(F)(F)F)O1. The first-order valence-corrected chi connectivity index (χ1v) is 3.79. The number of halogens is 3. The van der Waals surface area contributed by atoms with E-state index in [0.717, 1.165) is 0 Å². The molecule has 0 aliphatic carbocycles. The van der Waals surface area contributed by atoms with Crippen molar-refractivity contribution in [2.75, 3.05) is 6.61 Å². The molecule has 0 unspecified atom stereocenters. The van der Waals surface area contributed by atoms with Crippen molar-refractivity contribution in [2.24, 2.45) is 0 Å². The van der Waals surface area contributed by atoms with E-state index < -0.39 is 29.3 Å². The van der Waals surface area contributed by atoms with E-state index in [4.69, 9.17) is 0 Å². The summed E-state index contributed by atoms with van der Waals surface area (Å²) in [5.74, 6) is 0. The van der Waals surface area contributed by atoms with Crippen molar-refractivity contribution in [2.45, 2.75) is 12.3 Å². The van der Waals surface area contributed by atoms with Crippen molar-refractivity contribution in [3.05, 3.63) is 0 Å².